The Hall–Kier alpha value is -2.43. The van der Waals surface area contributed by atoms with Gasteiger partial charge in [0, 0.05) is 11.1 Å². The number of hydrogen-bond donors (Lipinski definition) is 1. The smallest absolute Gasteiger partial charge is 0.158 e. The van der Waals surface area contributed by atoms with Crippen molar-refractivity contribution in [3.63, 3.8) is 0 Å². The lowest BCUT2D eigenvalue weighted by atomic mass is 10.1. The van der Waals surface area contributed by atoms with Crippen LogP contribution in [-0.4, -0.2) is 14.6 Å². The number of hydrogen-bond acceptors (Lipinski definition) is 3. The highest BCUT2D eigenvalue weighted by Gasteiger charge is 2.11. The molecule has 0 aliphatic heterocycles. The lowest BCUT2D eigenvalue weighted by Crippen LogP contribution is -2.01. The highest BCUT2D eigenvalue weighted by Crippen LogP contribution is 2.26. The van der Waals surface area contributed by atoms with Crippen LogP contribution in [0.4, 0.5) is 10.1 Å². The summed E-state index contributed by atoms with van der Waals surface area (Å²) in [4.78, 5) is 4.25. The summed E-state index contributed by atoms with van der Waals surface area (Å²) >= 11 is 0. The van der Waals surface area contributed by atoms with E-state index in [0.29, 0.717) is 5.69 Å². The number of nitrogens with zero attached hydrogens (tertiary/aromatic N) is 3. The zero-order chi connectivity index (χ0) is 12.7. The van der Waals surface area contributed by atoms with Crippen LogP contribution in [0.5, 0.6) is 0 Å². The van der Waals surface area contributed by atoms with E-state index in [1.54, 1.807) is 29.0 Å². The molecule has 0 saturated carbocycles. The summed E-state index contributed by atoms with van der Waals surface area (Å²) in [7, 11) is 0. The van der Waals surface area contributed by atoms with E-state index in [1.807, 2.05) is 6.92 Å². The van der Waals surface area contributed by atoms with Crippen molar-refractivity contribution in [1.82, 2.24) is 14.6 Å². The van der Waals surface area contributed by atoms with E-state index in [2.05, 4.69) is 10.1 Å². The fraction of sp³-hybridized carbons (Fsp3) is 0.0769. The van der Waals surface area contributed by atoms with Crippen molar-refractivity contribution < 1.29 is 4.39 Å². The van der Waals surface area contributed by atoms with Crippen LogP contribution >= 0.6 is 0 Å². The van der Waals surface area contributed by atoms with Gasteiger partial charge in [0.1, 0.15) is 5.82 Å². The van der Waals surface area contributed by atoms with E-state index < -0.39 is 0 Å². The van der Waals surface area contributed by atoms with Gasteiger partial charge >= 0.3 is 0 Å². The maximum atomic E-state index is 13.0. The number of fused-ring (bicyclic) bond motifs is 1. The predicted molar refractivity (Wildman–Crippen MR) is 67.5 cm³/mol. The third kappa shape index (κ3) is 1.52. The van der Waals surface area contributed by atoms with Crippen LogP contribution < -0.4 is 5.73 Å². The average Bonchev–Trinajstić information content (AvgIpc) is 2.73. The SMILES string of the molecule is Cc1cnn2c(-c3ccc(F)cc3)c(N)cnc12. The Bertz CT molecular complexity index is 716. The first-order valence-electron chi connectivity index (χ1n) is 5.51. The molecule has 0 spiro atoms. The van der Waals surface area contributed by atoms with Crippen LogP contribution in [0, 0.1) is 12.7 Å². The molecule has 0 aliphatic carbocycles. The van der Waals surface area contributed by atoms with Crippen molar-refractivity contribution in [1.29, 1.82) is 0 Å². The van der Waals surface area contributed by atoms with Gasteiger partial charge in [-0.3, -0.25) is 0 Å². The Labute approximate surface area is 103 Å². The lowest BCUT2D eigenvalue weighted by Gasteiger charge is -2.08. The average molecular weight is 242 g/mol. The zero-order valence-corrected chi connectivity index (χ0v) is 9.76. The summed E-state index contributed by atoms with van der Waals surface area (Å²) in [5.41, 5.74) is 9.72. The normalized spacial score (nSPS) is 11.0. The molecule has 2 N–H and O–H groups in total. The minimum Gasteiger partial charge on any atom is -0.396 e. The number of nitrogen functional groups attached to an aromatic ring is 1. The monoisotopic (exact) mass is 242 g/mol. The van der Waals surface area contributed by atoms with Crippen molar-refractivity contribution in [2.45, 2.75) is 6.92 Å². The first-order valence-corrected chi connectivity index (χ1v) is 5.51. The highest BCUT2D eigenvalue weighted by atomic mass is 19.1. The largest absolute Gasteiger partial charge is 0.396 e. The molecule has 2 heterocycles. The highest BCUT2D eigenvalue weighted by molar-refractivity contribution is 5.74. The van der Waals surface area contributed by atoms with Crippen LogP contribution in [-0.2, 0) is 0 Å². The number of rotatable bonds is 1. The van der Waals surface area contributed by atoms with Gasteiger partial charge in [-0.15, -0.1) is 0 Å². The molecule has 4 nitrogen and oxygen atoms in total. The summed E-state index contributed by atoms with van der Waals surface area (Å²) in [6.07, 6.45) is 3.33. The number of aromatic nitrogens is 3. The Morgan fingerprint density at radius 3 is 2.61 bits per heavy atom. The second kappa shape index (κ2) is 3.80. The summed E-state index contributed by atoms with van der Waals surface area (Å²) < 4.78 is 14.6. The molecule has 0 radical (unpaired) electrons. The van der Waals surface area contributed by atoms with Crippen LogP contribution in [0.2, 0.25) is 0 Å². The fourth-order valence-electron chi connectivity index (χ4n) is 1.95. The number of aryl methyl sites for hydroxylation is 1. The molecule has 0 amide bonds. The van der Waals surface area contributed by atoms with Crippen LogP contribution in [0.25, 0.3) is 16.9 Å². The van der Waals surface area contributed by atoms with Gasteiger partial charge in [0.2, 0.25) is 0 Å². The van der Waals surface area contributed by atoms with E-state index in [-0.39, 0.29) is 5.82 Å². The summed E-state index contributed by atoms with van der Waals surface area (Å²) in [5.74, 6) is -0.278. The molecule has 0 bridgehead atoms. The molecule has 3 aromatic rings. The van der Waals surface area contributed by atoms with Gasteiger partial charge < -0.3 is 5.73 Å². The van der Waals surface area contributed by atoms with Crippen molar-refractivity contribution in [3.05, 3.63) is 48.0 Å². The Kier molecular flexibility index (Phi) is 2.26. The van der Waals surface area contributed by atoms with Crippen LogP contribution in [0.1, 0.15) is 5.56 Å². The van der Waals surface area contributed by atoms with E-state index in [0.717, 1.165) is 22.5 Å². The number of anilines is 1. The molecule has 3 rings (SSSR count). The molecular formula is C13H11FN4. The van der Waals surface area contributed by atoms with Gasteiger partial charge in [-0.1, -0.05) is 0 Å². The minimum atomic E-state index is -0.278. The molecule has 0 fully saturated rings. The Morgan fingerprint density at radius 2 is 1.89 bits per heavy atom. The first kappa shape index (κ1) is 10.7. The molecule has 0 atom stereocenters. The van der Waals surface area contributed by atoms with Crippen molar-refractivity contribution in [3.8, 4) is 11.3 Å². The Balaban J connectivity index is 2.33. The maximum Gasteiger partial charge on any atom is 0.158 e. The van der Waals surface area contributed by atoms with E-state index in [1.165, 1.54) is 12.1 Å². The molecule has 0 saturated heterocycles. The van der Waals surface area contributed by atoms with E-state index in [9.17, 15) is 4.39 Å². The third-order valence-electron chi connectivity index (χ3n) is 2.85. The summed E-state index contributed by atoms with van der Waals surface area (Å²) in [6, 6.07) is 6.16. The van der Waals surface area contributed by atoms with Gasteiger partial charge in [-0.25, -0.2) is 13.9 Å². The van der Waals surface area contributed by atoms with E-state index in [4.69, 9.17) is 5.73 Å². The zero-order valence-electron chi connectivity index (χ0n) is 9.76. The number of benzene rings is 1. The fourth-order valence-corrected chi connectivity index (χ4v) is 1.95. The second-order valence-corrected chi connectivity index (χ2v) is 4.13. The first-order chi connectivity index (χ1) is 8.66. The van der Waals surface area contributed by atoms with Crippen LogP contribution in [0.15, 0.2) is 36.7 Å². The molecule has 5 heteroatoms. The van der Waals surface area contributed by atoms with Gasteiger partial charge in [0.25, 0.3) is 0 Å². The molecule has 1 aromatic carbocycles. The van der Waals surface area contributed by atoms with Crippen LogP contribution in [0.3, 0.4) is 0 Å². The van der Waals surface area contributed by atoms with Gasteiger partial charge in [-0.05, 0) is 31.2 Å². The topological polar surface area (TPSA) is 56.2 Å². The summed E-state index contributed by atoms with van der Waals surface area (Å²) in [5, 5.41) is 4.26. The predicted octanol–water partition coefficient (Wildman–Crippen LogP) is 2.43. The Morgan fingerprint density at radius 1 is 1.17 bits per heavy atom. The molecular weight excluding hydrogens is 231 g/mol. The lowest BCUT2D eigenvalue weighted by molar-refractivity contribution is 0.628. The van der Waals surface area contributed by atoms with Crippen molar-refractivity contribution in [2.24, 2.45) is 0 Å². The molecule has 2 aromatic heterocycles. The van der Waals surface area contributed by atoms with Gasteiger partial charge in [0.15, 0.2) is 5.65 Å². The quantitative estimate of drug-likeness (QED) is 0.713. The standard InChI is InChI=1S/C13H11FN4/c1-8-6-17-18-12(11(15)7-16-13(8)18)9-2-4-10(14)5-3-9/h2-7H,15H2,1H3. The molecule has 90 valence electrons. The van der Waals surface area contributed by atoms with E-state index >= 15 is 0 Å². The van der Waals surface area contributed by atoms with Gasteiger partial charge in [0.05, 0.1) is 23.8 Å². The van der Waals surface area contributed by atoms with Crippen molar-refractivity contribution in [2.75, 3.05) is 5.73 Å². The minimum absolute atomic E-state index is 0.278. The molecule has 18 heavy (non-hydrogen) atoms. The maximum absolute atomic E-state index is 13.0. The molecule has 0 unspecified atom stereocenters. The van der Waals surface area contributed by atoms with Crippen molar-refractivity contribution >= 4 is 11.3 Å². The third-order valence-corrected chi connectivity index (χ3v) is 2.85. The second-order valence-electron chi connectivity index (χ2n) is 4.13. The number of halogens is 1. The summed E-state index contributed by atoms with van der Waals surface area (Å²) in [6.45, 7) is 1.93. The van der Waals surface area contributed by atoms with Gasteiger partial charge in [-0.2, -0.15) is 5.10 Å². The number of nitrogens with two attached hydrogens (primary N) is 1. The molecule has 0 aliphatic rings.